The molecule has 3 nitrogen and oxygen atoms in total. The predicted octanol–water partition coefficient (Wildman–Crippen LogP) is 5.92. The summed E-state index contributed by atoms with van der Waals surface area (Å²) in [5.41, 5.74) is 0.832. The molecule has 144 valence electrons. The smallest absolute Gasteiger partial charge is 0.416 e. The lowest BCUT2D eigenvalue weighted by Crippen LogP contribution is -2.07. The van der Waals surface area contributed by atoms with Gasteiger partial charge in [-0.1, -0.05) is 42.5 Å². The van der Waals surface area contributed by atoms with Crippen LogP contribution in [0.15, 0.2) is 66.7 Å². The maximum Gasteiger partial charge on any atom is 0.416 e. The topological polar surface area (TPSA) is 46.5 Å². The Kier molecular flexibility index (Phi) is 5.40. The average Bonchev–Trinajstić information content (AvgIpc) is 2.67. The van der Waals surface area contributed by atoms with Gasteiger partial charge >= 0.3 is 12.1 Å². The van der Waals surface area contributed by atoms with E-state index in [1.807, 2.05) is 0 Å². The SMILES string of the molecule is CCOC(=O)c1c(O)cc(-c2cccc(C(F)(F)F)c2)cc1-c1ccccc1. The van der Waals surface area contributed by atoms with Crippen molar-refractivity contribution in [2.45, 2.75) is 13.1 Å². The van der Waals surface area contributed by atoms with Gasteiger partial charge in [-0.05, 0) is 47.9 Å². The van der Waals surface area contributed by atoms with E-state index in [2.05, 4.69) is 0 Å². The molecule has 28 heavy (non-hydrogen) atoms. The number of phenolic OH excluding ortho intramolecular Hbond substituents is 1. The zero-order valence-corrected chi connectivity index (χ0v) is 15.0. The lowest BCUT2D eigenvalue weighted by Gasteiger charge is -2.15. The van der Waals surface area contributed by atoms with E-state index in [-0.39, 0.29) is 23.5 Å². The summed E-state index contributed by atoms with van der Waals surface area (Å²) in [5, 5.41) is 10.5. The summed E-state index contributed by atoms with van der Waals surface area (Å²) in [6, 6.07) is 16.5. The van der Waals surface area contributed by atoms with E-state index in [0.29, 0.717) is 16.7 Å². The number of aromatic hydroxyl groups is 1. The summed E-state index contributed by atoms with van der Waals surface area (Å²) in [5.74, 6) is -1.05. The molecule has 1 N–H and O–H groups in total. The van der Waals surface area contributed by atoms with Gasteiger partial charge < -0.3 is 9.84 Å². The molecule has 0 aromatic heterocycles. The summed E-state index contributed by atoms with van der Waals surface area (Å²) < 4.78 is 44.2. The monoisotopic (exact) mass is 386 g/mol. The Morgan fingerprint density at radius 3 is 2.25 bits per heavy atom. The van der Waals surface area contributed by atoms with E-state index in [1.54, 1.807) is 43.3 Å². The molecule has 0 heterocycles. The second kappa shape index (κ2) is 7.76. The van der Waals surface area contributed by atoms with Gasteiger partial charge in [0.15, 0.2) is 0 Å². The third-order valence-corrected chi connectivity index (χ3v) is 4.21. The molecule has 3 rings (SSSR count). The molecule has 3 aromatic carbocycles. The molecule has 0 spiro atoms. The Hall–Kier alpha value is -3.28. The highest BCUT2D eigenvalue weighted by Gasteiger charge is 2.30. The summed E-state index contributed by atoms with van der Waals surface area (Å²) >= 11 is 0. The van der Waals surface area contributed by atoms with Crippen LogP contribution in [0.3, 0.4) is 0 Å². The summed E-state index contributed by atoms with van der Waals surface area (Å²) in [7, 11) is 0. The Bertz CT molecular complexity index is 996. The number of phenols is 1. The highest BCUT2D eigenvalue weighted by atomic mass is 19.4. The average molecular weight is 386 g/mol. The van der Waals surface area contributed by atoms with Crippen LogP contribution in [0.25, 0.3) is 22.3 Å². The molecule has 0 saturated heterocycles. The van der Waals surface area contributed by atoms with Crippen molar-refractivity contribution >= 4 is 5.97 Å². The van der Waals surface area contributed by atoms with Crippen LogP contribution in [0.2, 0.25) is 0 Å². The number of hydrogen-bond donors (Lipinski definition) is 1. The van der Waals surface area contributed by atoms with Crippen molar-refractivity contribution in [3.63, 3.8) is 0 Å². The lowest BCUT2D eigenvalue weighted by molar-refractivity contribution is -0.137. The van der Waals surface area contributed by atoms with Gasteiger partial charge in [-0.2, -0.15) is 13.2 Å². The van der Waals surface area contributed by atoms with Gasteiger partial charge in [0.2, 0.25) is 0 Å². The number of esters is 1. The van der Waals surface area contributed by atoms with Gasteiger partial charge in [-0.25, -0.2) is 4.79 Å². The molecule has 0 unspecified atom stereocenters. The third-order valence-electron chi connectivity index (χ3n) is 4.21. The molecule has 0 aliphatic carbocycles. The van der Waals surface area contributed by atoms with E-state index < -0.39 is 17.7 Å². The molecule has 0 fully saturated rings. The van der Waals surface area contributed by atoms with Crippen molar-refractivity contribution in [1.29, 1.82) is 0 Å². The highest BCUT2D eigenvalue weighted by Crippen LogP contribution is 2.38. The van der Waals surface area contributed by atoms with Crippen LogP contribution in [0, 0.1) is 0 Å². The number of hydrogen-bond acceptors (Lipinski definition) is 3. The second-order valence-electron chi connectivity index (χ2n) is 6.08. The summed E-state index contributed by atoms with van der Waals surface area (Å²) in [4.78, 5) is 12.4. The number of benzene rings is 3. The third kappa shape index (κ3) is 4.01. The van der Waals surface area contributed by atoms with Crippen LogP contribution in [0.4, 0.5) is 13.2 Å². The first-order valence-electron chi connectivity index (χ1n) is 8.58. The minimum Gasteiger partial charge on any atom is -0.507 e. The van der Waals surface area contributed by atoms with Gasteiger partial charge in [0.25, 0.3) is 0 Å². The van der Waals surface area contributed by atoms with Gasteiger partial charge in [-0.3, -0.25) is 0 Å². The normalized spacial score (nSPS) is 11.3. The van der Waals surface area contributed by atoms with Gasteiger partial charge in [0.05, 0.1) is 12.2 Å². The number of alkyl halides is 3. The molecule has 0 atom stereocenters. The maximum atomic E-state index is 13.1. The maximum absolute atomic E-state index is 13.1. The summed E-state index contributed by atoms with van der Waals surface area (Å²) in [6.45, 7) is 1.77. The Morgan fingerprint density at radius 1 is 0.929 bits per heavy atom. The van der Waals surface area contributed by atoms with Crippen LogP contribution in [0.5, 0.6) is 5.75 Å². The zero-order valence-electron chi connectivity index (χ0n) is 15.0. The van der Waals surface area contributed by atoms with Gasteiger partial charge in [-0.15, -0.1) is 0 Å². The number of carbonyl (C=O) groups is 1. The highest BCUT2D eigenvalue weighted by molar-refractivity contribution is 6.01. The van der Waals surface area contributed by atoms with E-state index in [0.717, 1.165) is 12.1 Å². The minimum absolute atomic E-state index is 0.0243. The molecule has 0 amide bonds. The quantitative estimate of drug-likeness (QED) is 0.566. The zero-order chi connectivity index (χ0) is 20.3. The first-order valence-corrected chi connectivity index (χ1v) is 8.58. The fourth-order valence-electron chi connectivity index (χ4n) is 2.93. The largest absolute Gasteiger partial charge is 0.507 e. The molecule has 0 saturated carbocycles. The number of halogens is 3. The Labute approximate surface area is 160 Å². The molecule has 0 radical (unpaired) electrons. The van der Waals surface area contributed by atoms with E-state index in [9.17, 15) is 23.1 Å². The number of rotatable bonds is 4. The molecule has 0 aliphatic heterocycles. The Balaban J connectivity index is 2.20. The molecule has 3 aromatic rings. The van der Waals surface area contributed by atoms with Crippen molar-refractivity contribution in [3.05, 3.63) is 77.9 Å². The number of carbonyl (C=O) groups excluding carboxylic acids is 1. The molecular formula is C22H17F3O3. The molecule has 0 bridgehead atoms. The molecule has 0 aliphatic rings. The van der Waals surface area contributed by atoms with E-state index in [4.69, 9.17) is 4.74 Å². The van der Waals surface area contributed by atoms with Crippen molar-refractivity contribution in [2.75, 3.05) is 6.61 Å². The van der Waals surface area contributed by atoms with Crippen LogP contribution in [-0.2, 0) is 10.9 Å². The van der Waals surface area contributed by atoms with E-state index in [1.165, 1.54) is 18.2 Å². The van der Waals surface area contributed by atoms with Crippen molar-refractivity contribution in [3.8, 4) is 28.0 Å². The van der Waals surface area contributed by atoms with Gasteiger partial charge in [0, 0.05) is 5.56 Å². The lowest BCUT2D eigenvalue weighted by atomic mass is 9.93. The fraction of sp³-hybridized carbons (Fsp3) is 0.136. The summed E-state index contributed by atoms with van der Waals surface area (Å²) in [6.07, 6.45) is -4.48. The van der Waals surface area contributed by atoms with Crippen molar-refractivity contribution in [2.24, 2.45) is 0 Å². The fourth-order valence-corrected chi connectivity index (χ4v) is 2.93. The van der Waals surface area contributed by atoms with Gasteiger partial charge in [0.1, 0.15) is 11.3 Å². The molecular weight excluding hydrogens is 369 g/mol. The predicted molar refractivity (Wildman–Crippen MR) is 99.9 cm³/mol. The first kappa shape index (κ1) is 19.5. The minimum atomic E-state index is -4.48. The number of ether oxygens (including phenoxy) is 1. The Morgan fingerprint density at radius 2 is 1.61 bits per heavy atom. The second-order valence-corrected chi connectivity index (χ2v) is 6.08. The van der Waals surface area contributed by atoms with Crippen LogP contribution in [0.1, 0.15) is 22.8 Å². The molecule has 6 heteroatoms. The first-order chi connectivity index (χ1) is 13.3. The van der Waals surface area contributed by atoms with E-state index >= 15 is 0 Å². The standard InChI is InChI=1S/C22H17F3O3/c1-2-28-21(27)20-18(14-7-4-3-5-8-14)12-16(13-19(20)26)15-9-6-10-17(11-15)22(23,24)25/h3-13,26H,2H2,1H3. The van der Waals surface area contributed by atoms with Crippen LogP contribution >= 0.6 is 0 Å². The van der Waals surface area contributed by atoms with Crippen molar-refractivity contribution < 1.29 is 27.8 Å². The van der Waals surface area contributed by atoms with Crippen molar-refractivity contribution in [1.82, 2.24) is 0 Å². The van der Waals surface area contributed by atoms with Crippen LogP contribution in [-0.4, -0.2) is 17.7 Å². The van der Waals surface area contributed by atoms with Crippen LogP contribution < -0.4 is 0 Å².